The number of rotatable bonds is 4. The van der Waals surface area contributed by atoms with Crippen molar-refractivity contribution in [1.29, 1.82) is 0 Å². The Labute approximate surface area is 122 Å². The maximum absolute atomic E-state index is 12.1. The van der Waals surface area contributed by atoms with Gasteiger partial charge in [-0.15, -0.1) is 0 Å². The van der Waals surface area contributed by atoms with Crippen molar-refractivity contribution in [2.75, 3.05) is 6.61 Å². The van der Waals surface area contributed by atoms with E-state index in [9.17, 15) is 4.79 Å². The van der Waals surface area contributed by atoms with Gasteiger partial charge in [0.25, 0.3) is 5.91 Å². The predicted octanol–water partition coefficient (Wildman–Crippen LogP) is 1.92. The van der Waals surface area contributed by atoms with Gasteiger partial charge < -0.3 is 14.6 Å². The lowest BCUT2D eigenvalue weighted by Crippen LogP contribution is -2.43. The minimum Gasteiger partial charge on any atom is -0.365 e. The van der Waals surface area contributed by atoms with Gasteiger partial charge in [0.05, 0.1) is 6.54 Å². The van der Waals surface area contributed by atoms with E-state index in [4.69, 9.17) is 9.26 Å². The van der Waals surface area contributed by atoms with Gasteiger partial charge in [0.1, 0.15) is 11.3 Å². The molecular weight excluding hydrogens is 270 g/mol. The summed E-state index contributed by atoms with van der Waals surface area (Å²) in [5.41, 5.74) is 0.868. The maximum Gasteiger partial charge on any atom is 0.252 e. The summed E-state index contributed by atoms with van der Waals surface area (Å²) in [6, 6.07) is 5.54. The molecule has 3 heterocycles. The van der Waals surface area contributed by atoms with E-state index in [1.807, 2.05) is 19.1 Å². The Hall–Kier alpha value is -2.21. The normalized spacial score (nSPS) is 21.4. The van der Waals surface area contributed by atoms with Gasteiger partial charge in [-0.1, -0.05) is 5.16 Å². The number of nitrogens with one attached hydrogen (secondary N) is 1. The number of carbonyl (C=O) groups excluding carboxylic acids is 1. The van der Waals surface area contributed by atoms with E-state index in [1.165, 1.54) is 0 Å². The Kier molecular flexibility index (Phi) is 3.70. The molecule has 1 fully saturated rings. The third-order valence-electron chi connectivity index (χ3n) is 3.64. The van der Waals surface area contributed by atoms with Crippen molar-refractivity contribution in [3.05, 3.63) is 36.4 Å². The number of carbonyl (C=O) groups is 1. The molecule has 0 bridgehead atoms. The number of hydrogen-bond acceptors (Lipinski definition) is 5. The van der Waals surface area contributed by atoms with E-state index in [2.05, 4.69) is 15.5 Å². The summed E-state index contributed by atoms with van der Waals surface area (Å²) in [4.78, 5) is 16.1. The predicted molar refractivity (Wildman–Crippen MR) is 75.2 cm³/mol. The highest BCUT2D eigenvalue weighted by atomic mass is 16.5. The Morgan fingerprint density at radius 3 is 3.14 bits per heavy atom. The fourth-order valence-corrected chi connectivity index (χ4v) is 2.36. The van der Waals surface area contributed by atoms with Crippen molar-refractivity contribution in [3.63, 3.8) is 0 Å². The number of amides is 1. The number of aromatic nitrogens is 2. The zero-order chi connectivity index (χ0) is 14.7. The molecule has 1 aliphatic heterocycles. The quantitative estimate of drug-likeness (QED) is 0.929. The van der Waals surface area contributed by atoms with Crippen LogP contribution in [0.25, 0.3) is 11.3 Å². The van der Waals surface area contributed by atoms with Gasteiger partial charge in [-0.25, -0.2) is 0 Å². The molecule has 0 aliphatic carbocycles. The minimum atomic E-state index is -0.716. The number of hydrogen-bond donors (Lipinski definition) is 1. The molecule has 0 spiro atoms. The van der Waals surface area contributed by atoms with Gasteiger partial charge in [-0.2, -0.15) is 0 Å². The fourth-order valence-electron chi connectivity index (χ4n) is 2.36. The van der Waals surface area contributed by atoms with Crippen LogP contribution in [0.3, 0.4) is 0 Å². The first-order valence-electron chi connectivity index (χ1n) is 6.96. The minimum absolute atomic E-state index is 0.112. The second-order valence-corrected chi connectivity index (χ2v) is 5.29. The molecule has 1 N–H and O–H groups in total. The molecule has 1 aliphatic rings. The third-order valence-corrected chi connectivity index (χ3v) is 3.64. The lowest BCUT2D eigenvalue weighted by atomic mass is 10.0. The number of nitrogens with zero attached hydrogens (tertiary/aromatic N) is 2. The smallest absolute Gasteiger partial charge is 0.252 e. The van der Waals surface area contributed by atoms with Crippen molar-refractivity contribution in [2.45, 2.75) is 31.9 Å². The van der Waals surface area contributed by atoms with Gasteiger partial charge >= 0.3 is 0 Å². The highest BCUT2D eigenvalue weighted by Crippen LogP contribution is 2.25. The van der Waals surface area contributed by atoms with E-state index in [1.54, 1.807) is 18.5 Å². The topological polar surface area (TPSA) is 77.3 Å². The van der Waals surface area contributed by atoms with Crippen LogP contribution in [-0.4, -0.2) is 28.3 Å². The SMILES string of the molecule is C[C@@]1(C(=O)NCc2cc(-c3cccnc3)no2)CCCO1. The fraction of sp³-hybridized carbons (Fsp3) is 0.400. The Balaban J connectivity index is 1.62. The number of ether oxygens (including phenoxy) is 1. The first-order chi connectivity index (χ1) is 10.2. The molecule has 2 aromatic heterocycles. The zero-order valence-electron chi connectivity index (χ0n) is 11.8. The lowest BCUT2D eigenvalue weighted by Gasteiger charge is -2.21. The summed E-state index contributed by atoms with van der Waals surface area (Å²) >= 11 is 0. The van der Waals surface area contributed by atoms with Crippen LogP contribution in [0.4, 0.5) is 0 Å². The van der Waals surface area contributed by atoms with Crippen molar-refractivity contribution >= 4 is 5.91 Å². The summed E-state index contributed by atoms with van der Waals surface area (Å²) in [5, 5.41) is 6.81. The molecule has 3 rings (SSSR count). The van der Waals surface area contributed by atoms with Crippen LogP contribution in [-0.2, 0) is 16.1 Å². The molecule has 110 valence electrons. The molecule has 0 unspecified atom stereocenters. The van der Waals surface area contributed by atoms with Crippen LogP contribution < -0.4 is 5.32 Å². The number of pyridine rings is 1. The van der Waals surface area contributed by atoms with Crippen LogP contribution in [0, 0.1) is 0 Å². The van der Waals surface area contributed by atoms with Crippen LogP contribution >= 0.6 is 0 Å². The molecule has 6 heteroatoms. The lowest BCUT2D eigenvalue weighted by molar-refractivity contribution is -0.139. The third kappa shape index (κ3) is 2.95. The molecule has 1 amide bonds. The van der Waals surface area contributed by atoms with E-state index >= 15 is 0 Å². The summed E-state index contributed by atoms with van der Waals surface area (Å²) in [7, 11) is 0. The highest BCUT2D eigenvalue weighted by molar-refractivity contribution is 5.84. The van der Waals surface area contributed by atoms with Gasteiger partial charge in [-0.3, -0.25) is 9.78 Å². The maximum atomic E-state index is 12.1. The molecule has 0 aromatic carbocycles. The first-order valence-corrected chi connectivity index (χ1v) is 6.96. The average Bonchev–Trinajstić information content (AvgIpc) is 3.15. The van der Waals surface area contributed by atoms with Crippen LogP contribution in [0.15, 0.2) is 35.1 Å². The zero-order valence-corrected chi connectivity index (χ0v) is 11.8. The summed E-state index contributed by atoms with van der Waals surface area (Å²) in [6.45, 7) is 2.75. The Morgan fingerprint density at radius 2 is 2.43 bits per heavy atom. The van der Waals surface area contributed by atoms with Gasteiger partial charge in [-0.05, 0) is 31.9 Å². The average molecular weight is 287 g/mol. The van der Waals surface area contributed by atoms with Gasteiger partial charge in [0.15, 0.2) is 5.76 Å². The molecular formula is C15H17N3O3. The molecule has 2 aromatic rings. The molecule has 1 saturated heterocycles. The highest BCUT2D eigenvalue weighted by Gasteiger charge is 2.37. The van der Waals surface area contributed by atoms with Crippen molar-refractivity contribution in [2.24, 2.45) is 0 Å². The van der Waals surface area contributed by atoms with Gasteiger partial charge in [0, 0.05) is 30.6 Å². The standard InChI is InChI=1S/C15H17N3O3/c1-15(5-3-7-20-15)14(19)17-10-12-8-13(18-21-12)11-4-2-6-16-9-11/h2,4,6,8-9H,3,5,7,10H2,1H3,(H,17,19)/t15-/m0/s1. The Bertz CT molecular complexity index is 618. The van der Waals surface area contributed by atoms with E-state index in [0.717, 1.165) is 18.4 Å². The monoisotopic (exact) mass is 287 g/mol. The molecule has 0 radical (unpaired) electrons. The molecule has 6 nitrogen and oxygen atoms in total. The summed E-state index contributed by atoms with van der Waals surface area (Å²) in [5.74, 6) is 0.489. The van der Waals surface area contributed by atoms with Crippen molar-refractivity contribution in [1.82, 2.24) is 15.5 Å². The molecule has 0 saturated carbocycles. The molecule has 21 heavy (non-hydrogen) atoms. The summed E-state index contributed by atoms with van der Waals surface area (Å²) in [6.07, 6.45) is 5.08. The Morgan fingerprint density at radius 1 is 1.52 bits per heavy atom. The van der Waals surface area contributed by atoms with Gasteiger partial charge in [0.2, 0.25) is 0 Å². The second-order valence-electron chi connectivity index (χ2n) is 5.29. The van der Waals surface area contributed by atoms with Crippen LogP contribution in [0.1, 0.15) is 25.5 Å². The van der Waals surface area contributed by atoms with E-state index < -0.39 is 5.60 Å². The van der Waals surface area contributed by atoms with E-state index in [0.29, 0.717) is 24.6 Å². The van der Waals surface area contributed by atoms with Crippen molar-refractivity contribution < 1.29 is 14.1 Å². The van der Waals surface area contributed by atoms with Crippen LogP contribution in [0.5, 0.6) is 0 Å². The van der Waals surface area contributed by atoms with E-state index in [-0.39, 0.29) is 5.91 Å². The second kappa shape index (κ2) is 5.65. The first kappa shape index (κ1) is 13.8. The van der Waals surface area contributed by atoms with Crippen LogP contribution in [0.2, 0.25) is 0 Å². The summed E-state index contributed by atoms with van der Waals surface area (Å²) < 4.78 is 10.7. The van der Waals surface area contributed by atoms with Crippen molar-refractivity contribution in [3.8, 4) is 11.3 Å². The molecule has 1 atom stereocenters. The largest absolute Gasteiger partial charge is 0.365 e.